The van der Waals surface area contributed by atoms with Crippen molar-refractivity contribution in [1.29, 1.82) is 0 Å². The van der Waals surface area contributed by atoms with E-state index in [-0.39, 0.29) is 24.8 Å². The van der Waals surface area contributed by atoms with Crippen molar-refractivity contribution in [2.24, 2.45) is 0 Å². The second kappa shape index (κ2) is 8.34. The van der Waals surface area contributed by atoms with E-state index in [1.807, 2.05) is 43.3 Å². The van der Waals surface area contributed by atoms with Crippen LogP contribution < -0.4 is 10.6 Å². The molecule has 0 fully saturated rings. The van der Waals surface area contributed by atoms with Crippen molar-refractivity contribution in [2.45, 2.75) is 19.8 Å². The van der Waals surface area contributed by atoms with E-state index in [0.29, 0.717) is 5.02 Å². The highest BCUT2D eigenvalue weighted by Gasteiger charge is 2.09. The van der Waals surface area contributed by atoms with E-state index in [1.54, 1.807) is 12.1 Å². The molecule has 120 valence electrons. The van der Waals surface area contributed by atoms with Crippen LogP contribution in [0.3, 0.4) is 0 Å². The lowest BCUT2D eigenvalue weighted by atomic mass is 10.1. The number of halogens is 1. The van der Waals surface area contributed by atoms with Gasteiger partial charge in [-0.3, -0.25) is 9.59 Å². The van der Waals surface area contributed by atoms with Crippen LogP contribution in [0.15, 0.2) is 48.5 Å². The minimum atomic E-state index is -0.251. The molecule has 0 aliphatic rings. The number of hydrogen-bond donors (Lipinski definition) is 2. The molecule has 0 unspecified atom stereocenters. The summed E-state index contributed by atoms with van der Waals surface area (Å²) in [5, 5.41) is 5.96. The molecule has 0 bridgehead atoms. The van der Waals surface area contributed by atoms with Crippen molar-refractivity contribution in [3.63, 3.8) is 0 Å². The largest absolute Gasteiger partial charge is 0.347 e. The van der Waals surface area contributed by atoms with E-state index < -0.39 is 0 Å². The maximum Gasteiger partial charge on any atom is 0.243 e. The number of aryl methyl sites for hydroxylation is 1. The van der Waals surface area contributed by atoms with Gasteiger partial charge in [-0.05, 0) is 29.7 Å². The predicted octanol–water partition coefficient (Wildman–Crippen LogP) is 3.20. The zero-order valence-corrected chi connectivity index (χ0v) is 13.7. The van der Waals surface area contributed by atoms with Crippen molar-refractivity contribution in [1.82, 2.24) is 5.32 Å². The molecular weight excluding hydrogens is 312 g/mol. The topological polar surface area (TPSA) is 58.2 Å². The van der Waals surface area contributed by atoms with E-state index in [0.717, 1.165) is 23.2 Å². The Balaban J connectivity index is 1.84. The molecule has 0 heterocycles. The molecule has 0 aliphatic carbocycles. The summed E-state index contributed by atoms with van der Waals surface area (Å²) in [6.07, 6.45) is 0.980. The number of carbonyl (C=O) groups is 2. The molecule has 0 aliphatic heterocycles. The van der Waals surface area contributed by atoms with Crippen molar-refractivity contribution in [3.05, 3.63) is 64.7 Å². The van der Waals surface area contributed by atoms with Crippen LogP contribution in [0, 0.1) is 0 Å². The molecule has 0 atom stereocenters. The summed E-state index contributed by atoms with van der Waals surface area (Å²) in [6, 6.07) is 14.8. The fraction of sp³-hybridized carbons (Fsp3) is 0.222. The van der Waals surface area contributed by atoms with Gasteiger partial charge in [0.05, 0.1) is 13.0 Å². The summed E-state index contributed by atoms with van der Waals surface area (Å²) >= 11 is 6.01. The normalized spacial score (nSPS) is 10.2. The smallest absolute Gasteiger partial charge is 0.243 e. The number of rotatable bonds is 6. The van der Waals surface area contributed by atoms with Gasteiger partial charge in [-0.2, -0.15) is 0 Å². The third-order valence-electron chi connectivity index (χ3n) is 3.43. The molecule has 0 saturated heterocycles. The standard InChI is InChI=1S/C18H19ClN2O2/c1-2-13-7-4-6-10-16(13)21-18(23)12-20-17(22)11-14-8-3-5-9-15(14)19/h3-10H,2,11-12H2,1H3,(H,20,22)(H,21,23). The highest BCUT2D eigenvalue weighted by atomic mass is 35.5. The lowest BCUT2D eigenvalue weighted by Gasteiger charge is -2.10. The highest BCUT2D eigenvalue weighted by molar-refractivity contribution is 6.31. The first-order chi connectivity index (χ1) is 11.1. The Morgan fingerprint density at radius 1 is 0.957 bits per heavy atom. The Bertz CT molecular complexity index is 701. The summed E-state index contributed by atoms with van der Waals surface area (Å²) in [4.78, 5) is 23.8. The summed E-state index contributed by atoms with van der Waals surface area (Å²) in [6.45, 7) is 1.96. The zero-order valence-electron chi connectivity index (χ0n) is 12.9. The van der Waals surface area contributed by atoms with E-state index >= 15 is 0 Å². The predicted molar refractivity (Wildman–Crippen MR) is 92.6 cm³/mol. The van der Waals surface area contributed by atoms with Crippen LogP contribution in [-0.2, 0) is 22.4 Å². The summed E-state index contributed by atoms with van der Waals surface area (Å²) in [7, 11) is 0. The Morgan fingerprint density at radius 3 is 2.30 bits per heavy atom. The van der Waals surface area contributed by atoms with Gasteiger partial charge in [0.2, 0.25) is 11.8 Å². The first kappa shape index (κ1) is 17.0. The molecule has 0 saturated carbocycles. The molecule has 2 rings (SSSR count). The summed E-state index contributed by atoms with van der Waals surface area (Å²) < 4.78 is 0. The molecule has 0 radical (unpaired) electrons. The fourth-order valence-corrected chi connectivity index (χ4v) is 2.40. The lowest BCUT2D eigenvalue weighted by molar-refractivity contribution is -0.123. The molecule has 2 N–H and O–H groups in total. The fourth-order valence-electron chi connectivity index (χ4n) is 2.20. The number of benzene rings is 2. The minimum Gasteiger partial charge on any atom is -0.347 e. The van der Waals surface area contributed by atoms with Gasteiger partial charge < -0.3 is 10.6 Å². The number of nitrogens with one attached hydrogen (secondary N) is 2. The van der Waals surface area contributed by atoms with Gasteiger partial charge in [0.25, 0.3) is 0 Å². The number of anilines is 1. The molecule has 4 nitrogen and oxygen atoms in total. The molecule has 0 spiro atoms. The first-order valence-corrected chi connectivity index (χ1v) is 7.85. The van der Waals surface area contributed by atoms with E-state index in [2.05, 4.69) is 10.6 Å². The van der Waals surface area contributed by atoms with Gasteiger partial charge in [0.1, 0.15) is 0 Å². The van der Waals surface area contributed by atoms with Gasteiger partial charge in [-0.1, -0.05) is 54.9 Å². The Hall–Kier alpha value is -2.33. The van der Waals surface area contributed by atoms with Gasteiger partial charge in [-0.25, -0.2) is 0 Å². The van der Waals surface area contributed by atoms with Crippen molar-refractivity contribution < 1.29 is 9.59 Å². The second-order valence-electron chi connectivity index (χ2n) is 5.10. The Kier molecular flexibility index (Phi) is 6.18. The first-order valence-electron chi connectivity index (χ1n) is 7.48. The quantitative estimate of drug-likeness (QED) is 0.854. The van der Waals surface area contributed by atoms with Crippen molar-refractivity contribution >= 4 is 29.1 Å². The van der Waals surface area contributed by atoms with Crippen LogP contribution in [0.5, 0.6) is 0 Å². The van der Waals surface area contributed by atoms with Crippen LogP contribution in [0.25, 0.3) is 0 Å². The lowest BCUT2D eigenvalue weighted by Crippen LogP contribution is -2.34. The number of amides is 2. The monoisotopic (exact) mass is 330 g/mol. The third-order valence-corrected chi connectivity index (χ3v) is 3.80. The van der Waals surface area contributed by atoms with E-state index in [9.17, 15) is 9.59 Å². The minimum absolute atomic E-state index is 0.0681. The number of para-hydroxylation sites is 1. The summed E-state index contributed by atoms with van der Waals surface area (Å²) in [5.41, 5.74) is 2.58. The zero-order chi connectivity index (χ0) is 16.7. The van der Waals surface area contributed by atoms with E-state index in [1.165, 1.54) is 0 Å². The summed E-state index contributed by atoms with van der Waals surface area (Å²) in [5.74, 6) is -0.490. The second-order valence-corrected chi connectivity index (χ2v) is 5.51. The Labute approximate surface area is 140 Å². The average molecular weight is 331 g/mol. The van der Waals surface area contributed by atoms with Crippen LogP contribution in [-0.4, -0.2) is 18.4 Å². The average Bonchev–Trinajstić information content (AvgIpc) is 2.55. The Morgan fingerprint density at radius 2 is 1.61 bits per heavy atom. The molecule has 2 aromatic carbocycles. The van der Waals surface area contributed by atoms with Crippen LogP contribution in [0.2, 0.25) is 5.02 Å². The van der Waals surface area contributed by atoms with Crippen LogP contribution in [0.1, 0.15) is 18.1 Å². The number of carbonyl (C=O) groups excluding carboxylic acids is 2. The molecule has 5 heteroatoms. The van der Waals surface area contributed by atoms with Crippen molar-refractivity contribution in [2.75, 3.05) is 11.9 Å². The number of hydrogen-bond acceptors (Lipinski definition) is 2. The van der Waals surface area contributed by atoms with Gasteiger partial charge in [0, 0.05) is 10.7 Å². The van der Waals surface area contributed by atoms with Crippen LogP contribution >= 0.6 is 11.6 Å². The van der Waals surface area contributed by atoms with Crippen molar-refractivity contribution in [3.8, 4) is 0 Å². The molecule has 23 heavy (non-hydrogen) atoms. The maximum atomic E-state index is 12.0. The van der Waals surface area contributed by atoms with Gasteiger partial charge >= 0.3 is 0 Å². The third kappa shape index (κ3) is 5.11. The van der Waals surface area contributed by atoms with Crippen LogP contribution in [0.4, 0.5) is 5.69 Å². The van der Waals surface area contributed by atoms with Gasteiger partial charge in [-0.15, -0.1) is 0 Å². The molecule has 0 aromatic heterocycles. The molecule has 2 aromatic rings. The molecular formula is C18H19ClN2O2. The maximum absolute atomic E-state index is 12.0. The van der Waals surface area contributed by atoms with E-state index in [4.69, 9.17) is 11.6 Å². The highest BCUT2D eigenvalue weighted by Crippen LogP contribution is 2.16. The molecule has 2 amide bonds. The van der Waals surface area contributed by atoms with Gasteiger partial charge in [0.15, 0.2) is 0 Å². The SMILES string of the molecule is CCc1ccccc1NC(=O)CNC(=O)Cc1ccccc1Cl.